The van der Waals surface area contributed by atoms with Crippen LogP contribution in [0, 0.1) is 5.92 Å². The lowest BCUT2D eigenvalue weighted by Crippen LogP contribution is -2.59. The van der Waals surface area contributed by atoms with Gasteiger partial charge in [0, 0.05) is 18.3 Å². The van der Waals surface area contributed by atoms with Gasteiger partial charge in [0.1, 0.15) is 18.1 Å². The van der Waals surface area contributed by atoms with Crippen molar-refractivity contribution in [2.45, 2.75) is 57.3 Å². The molecular formula is C19H29N7O8. The summed E-state index contributed by atoms with van der Waals surface area (Å²) >= 11 is 0. The number of nitrogens with one attached hydrogen (secondary N) is 4. The van der Waals surface area contributed by atoms with Crippen LogP contribution in [0.25, 0.3) is 0 Å². The van der Waals surface area contributed by atoms with Gasteiger partial charge in [0.15, 0.2) is 0 Å². The lowest BCUT2D eigenvalue weighted by molar-refractivity contribution is -0.144. The molecule has 0 aromatic carbocycles. The van der Waals surface area contributed by atoms with Gasteiger partial charge in [0.05, 0.1) is 25.2 Å². The average molecular weight is 483 g/mol. The van der Waals surface area contributed by atoms with Crippen LogP contribution in [0.1, 0.15) is 32.4 Å². The van der Waals surface area contributed by atoms with E-state index in [2.05, 4.69) is 25.9 Å². The van der Waals surface area contributed by atoms with Crippen LogP contribution in [0.2, 0.25) is 0 Å². The van der Waals surface area contributed by atoms with Gasteiger partial charge in [-0.15, -0.1) is 0 Å². The molecule has 15 heteroatoms. The second-order valence-electron chi connectivity index (χ2n) is 7.85. The maximum Gasteiger partial charge on any atom is 0.326 e. The second kappa shape index (κ2) is 12.9. The molecule has 0 bridgehead atoms. The summed E-state index contributed by atoms with van der Waals surface area (Å²) in [7, 11) is 0. The number of amides is 4. The first-order chi connectivity index (χ1) is 15.8. The zero-order valence-corrected chi connectivity index (χ0v) is 18.6. The average Bonchev–Trinajstić information content (AvgIpc) is 3.22. The van der Waals surface area contributed by atoms with E-state index in [-0.39, 0.29) is 6.42 Å². The van der Waals surface area contributed by atoms with E-state index in [1.807, 2.05) is 0 Å². The minimum Gasteiger partial charge on any atom is -0.481 e. The third-order valence-corrected chi connectivity index (χ3v) is 4.61. The lowest BCUT2D eigenvalue weighted by Gasteiger charge is -2.26. The number of rotatable bonds is 14. The van der Waals surface area contributed by atoms with Crippen LogP contribution in [-0.2, 0) is 35.2 Å². The molecule has 34 heavy (non-hydrogen) atoms. The highest BCUT2D eigenvalue weighted by Gasteiger charge is 2.33. The van der Waals surface area contributed by atoms with Crippen molar-refractivity contribution in [3.8, 4) is 0 Å². The fraction of sp³-hybridized carbons (Fsp3) is 0.526. The van der Waals surface area contributed by atoms with E-state index in [0.29, 0.717) is 5.69 Å². The molecule has 0 spiro atoms. The van der Waals surface area contributed by atoms with Gasteiger partial charge in [-0.2, -0.15) is 0 Å². The minimum atomic E-state index is -1.63. The van der Waals surface area contributed by atoms with E-state index in [0.717, 1.165) is 0 Å². The van der Waals surface area contributed by atoms with Crippen molar-refractivity contribution in [3.05, 3.63) is 18.2 Å². The molecule has 4 amide bonds. The molecule has 0 aliphatic rings. The van der Waals surface area contributed by atoms with Crippen LogP contribution in [0.5, 0.6) is 0 Å². The van der Waals surface area contributed by atoms with E-state index in [4.69, 9.17) is 21.7 Å². The number of hydrogen-bond acceptors (Lipinski definition) is 8. The standard InChI is InChI=1S/C19H29N7O8/c1-8(2)15(18(32)25-12(19(33)34)4-13(21)27)26-17(31)11(5-14(28)29)24-16(30)10(20)3-9-6-22-7-23-9/h6-8,10-12,15H,3-5,20H2,1-2H3,(H2,21,27)(H,22,23)(H,24,30)(H,25,32)(H,26,31)(H,28,29)(H,33,34). The molecule has 0 aliphatic carbocycles. The summed E-state index contributed by atoms with van der Waals surface area (Å²) in [6, 6.07) is -5.64. The molecule has 1 aromatic rings. The molecule has 0 saturated carbocycles. The van der Waals surface area contributed by atoms with E-state index >= 15 is 0 Å². The summed E-state index contributed by atoms with van der Waals surface area (Å²) in [6.07, 6.45) is 1.39. The lowest BCUT2D eigenvalue weighted by atomic mass is 10.0. The van der Waals surface area contributed by atoms with E-state index in [1.54, 1.807) is 13.8 Å². The number of carbonyl (C=O) groups is 6. The van der Waals surface area contributed by atoms with Gasteiger partial charge in [-0.1, -0.05) is 13.8 Å². The highest BCUT2D eigenvalue weighted by Crippen LogP contribution is 2.06. The van der Waals surface area contributed by atoms with Crippen LogP contribution < -0.4 is 27.4 Å². The summed E-state index contributed by atoms with van der Waals surface area (Å²) in [4.78, 5) is 77.9. The number of nitrogens with zero attached hydrogens (tertiary/aromatic N) is 1. The van der Waals surface area contributed by atoms with Gasteiger partial charge >= 0.3 is 11.9 Å². The zero-order chi connectivity index (χ0) is 26.0. The molecule has 188 valence electrons. The first-order valence-electron chi connectivity index (χ1n) is 10.2. The van der Waals surface area contributed by atoms with Crippen molar-refractivity contribution < 1.29 is 39.0 Å². The zero-order valence-electron chi connectivity index (χ0n) is 18.6. The SMILES string of the molecule is CC(C)C(NC(=O)C(CC(=O)O)NC(=O)C(N)Cc1cnc[nH]1)C(=O)NC(CC(N)=O)C(=O)O. The van der Waals surface area contributed by atoms with Gasteiger partial charge < -0.3 is 42.6 Å². The van der Waals surface area contributed by atoms with Crippen molar-refractivity contribution in [2.24, 2.45) is 17.4 Å². The molecule has 0 aliphatic heterocycles. The third kappa shape index (κ3) is 9.23. The van der Waals surface area contributed by atoms with E-state index in [1.165, 1.54) is 12.5 Å². The van der Waals surface area contributed by atoms with Gasteiger partial charge in [-0.3, -0.25) is 24.0 Å². The Morgan fingerprint density at radius 2 is 1.59 bits per heavy atom. The molecule has 10 N–H and O–H groups in total. The number of aliphatic carboxylic acids is 2. The second-order valence-corrected chi connectivity index (χ2v) is 7.85. The third-order valence-electron chi connectivity index (χ3n) is 4.61. The fourth-order valence-corrected chi connectivity index (χ4v) is 2.84. The number of nitrogens with two attached hydrogens (primary N) is 2. The Morgan fingerprint density at radius 1 is 0.971 bits per heavy atom. The number of carboxylic acids is 2. The van der Waals surface area contributed by atoms with Gasteiger partial charge in [-0.05, 0) is 5.92 Å². The Labute approximate surface area is 194 Å². The molecule has 0 radical (unpaired) electrons. The van der Waals surface area contributed by atoms with Gasteiger partial charge in [0.25, 0.3) is 0 Å². The largest absolute Gasteiger partial charge is 0.481 e. The molecule has 1 aromatic heterocycles. The number of carbonyl (C=O) groups excluding carboxylic acids is 4. The highest BCUT2D eigenvalue weighted by molar-refractivity contribution is 5.96. The first-order valence-corrected chi connectivity index (χ1v) is 10.2. The smallest absolute Gasteiger partial charge is 0.326 e. The Kier molecular flexibility index (Phi) is 10.6. The number of imidazole rings is 1. The highest BCUT2D eigenvalue weighted by atomic mass is 16.4. The number of aromatic nitrogens is 2. The summed E-state index contributed by atoms with van der Waals surface area (Å²) in [6.45, 7) is 3.08. The van der Waals surface area contributed by atoms with Gasteiger partial charge in [0.2, 0.25) is 23.6 Å². The number of carboxylic acid groups (broad SMARTS) is 2. The van der Waals surface area contributed by atoms with E-state index in [9.17, 15) is 28.8 Å². The van der Waals surface area contributed by atoms with Crippen LogP contribution in [0.4, 0.5) is 0 Å². The molecule has 1 heterocycles. The minimum absolute atomic E-state index is 0.0424. The van der Waals surface area contributed by atoms with Crippen molar-refractivity contribution in [1.29, 1.82) is 0 Å². The van der Waals surface area contributed by atoms with Crippen molar-refractivity contribution in [2.75, 3.05) is 0 Å². The molecule has 0 fully saturated rings. The Bertz CT molecular complexity index is 902. The maximum atomic E-state index is 12.8. The summed E-state index contributed by atoms with van der Waals surface area (Å²) in [5, 5.41) is 25.0. The number of H-pyrrole nitrogens is 1. The number of hydrogen-bond donors (Lipinski definition) is 8. The first kappa shape index (κ1) is 28.0. The maximum absolute atomic E-state index is 12.8. The number of aromatic amines is 1. The van der Waals surface area contributed by atoms with Crippen molar-refractivity contribution in [3.63, 3.8) is 0 Å². The molecular weight excluding hydrogens is 454 g/mol. The normalized spacial score (nSPS) is 14.4. The molecule has 4 atom stereocenters. The summed E-state index contributed by atoms with van der Waals surface area (Å²) in [5.41, 5.74) is 11.3. The van der Waals surface area contributed by atoms with Gasteiger partial charge in [-0.25, -0.2) is 9.78 Å². The predicted molar refractivity (Wildman–Crippen MR) is 115 cm³/mol. The quantitative estimate of drug-likeness (QED) is 0.131. The van der Waals surface area contributed by atoms with Crippen molar-refractivity contribution in [1.82, 2.24) is 25.9 Å². The molecule has 15 nitrogen and oxygen atoms in total. The molecule has 0 saturated heterocycles. The summed E-state index contributed by atoms with van der Waals surface area (Å²) < 4.78 is 0. The summed E-state index contributed by atoms with van der Waals surface area (Å²) in [5.74, 6) is -7.20. The molecule has 4 unspecified atom stereocenters. The fourth-order valence-electron chi connectivity index (χ4n) is 2.84. The Hall–Kier alpha value is -4.01. The topological polar surface area (TPSA) is 260 Å². The van der Waals surface area contributed by atoms with Crippen LogP contribution in [0.15, 0.2) is 12.5 Å². The van der Waals surface area contributed by atoms with Crippen LogP contribution in [-0.4, -0.2) is 79.9 Å². The Morgan fingerprint density at radius 3 is 2.06 bits per heavy atom. The monoisotopic (exact) mass is 483 g/mol. The van der Waals surface area contributed by atoms with Crippen LogP contribution >= 0.6 is 0 Å². The van der Waals surface area contributed by atoms with Crippen molar-refractivity contribution >= 4 is 35.6 Å². The van der Waals surface area contributed by atoms with Crippen LogP contribution in [0.3, 0.4) is 0 Å². The Balaban J connectivity index is 2.92. The van der Waals surface area contributed by atoms with E-state index < -0.39 is 78.5 Å². The number of primary amides is 1. The predicted octanol–water partition coefficient (Wildman–Crippen LogP) is -3.18. The molecule has 1 rings (SSSR count).